The van der Waals surface area contributed by atoms with E-state index in [1.807, 2.05) is 6.92 Å². The molecule has 4 nitrogen and oxygen atoms in total. The molecule has 1 aliphatic heterocycles. The first-order valence-corrected chi connectivity index (χ1v) is 7.02. The minimum atomic E-state index is 0.744. The molecule has 0 spiro atoms. The number of thioether (sulfide) groups is 1. The Kier molecular flexibility index (Phi) is 4.23. The van der Waals surface area contributed by atoms with Gasteiger partial charge in [-0.25, -0.2) is 0 Å². The van der Waals surface area contributed by atoms with Crippen molar-refractivity contribution >= 4 is 11.8 Å². The third-order valence-electron chi connectivity index (χ3n) is 2.86. The smallest absolute Gasteiger partial charge is 0.226 e. The SMILES string of the molecule is CCc1nc(CN2CCS[C@@H](CC)C2)no1. The van der Waals surface area contributed by atoms with Crippen LogP contribution in [0.25, 0.3) is 0 Å². The Morgan fingerprint density at radius 2 is 2.38 bits per heavy atom. The molecule has 1 fully saturated rings. The first kappa shape index (κ1) is 11.9. The predicted molar refractivity (Wildman–Crippen MR) is 65.5 cm³/mol. The van der Waals surface area contributed by atoms with Crippen LogP contribution in [0.2, 0.25) is 0 Å². The van der Waals surface area contributed by atoms with E-state index in [0.717, 1.165) is 43.0 Å². The van der Waals surface area contributed by atoms with Crippen LogP contribution in [0.4, 0.5) is 0 Å². The van der Waals surface area contributed by atoms with E-state index in [-0.39, 0.29) is 0 Å². The average molecular weight is 241 g/mol. The maximum Gasteiger partial charge on any atom is 0.226 e. The summed E-state index contributed by atoms with van der Waals surface area (Å²) in [5.41, 5.74) is 0. The average Bonchev–Trinajstić information content (AvgIpc) is 2.77. The zero-order valence-corrected chi connectivity index (χ0v) is 10.8. The van der Waals surface area contributed by atoms with Gasteiger partial charge in [0, 0.05) is 30.5 Å². The van der Waals surface area contributed by atoms with E-state index in [2.05, 4.69) is 33.7 Å². The van der Waals surface area contributed by atoms with Crippen molar-refractivity contribution in [2.75, 3.05) is 18.8 Å². The zero-order chi connectivity index (χ0) is 11.4. The largest absolute Gasteiger partial charge is 0.339 e. The highest BCUT2D eigenvalue weighted by Crippen LogP contribution is 2.21. The number of nitrogens with zero attached hydrogens (tertiary/aromatic N) is 3. The third-order valence-corrected chi connectivity index (χ3v) is 4.23. The highest BCUT2D eigenvalue weighted by molar-refractivity contribution is 8.00. The molecule has 0 N–H and O–H groups in total. The van der Waals surface area contributed by atoms with Gasteiger partial charge in [-0.1, -0.05) is 19.0 Å². The highest BCUT2D eigenvalue weighted by Gasteiger charge is 2.20. The summed E-state index contributed by atoms with van der Waals surface area (Å²) in [7, 11) is 0. The molecule has 1 aromatic heterocycles. The first-order chi connectivity index (χ1) is 7.81. The van der Waals surface area contributed by atoms with Crippen molar-refractivity contribution in [3.8, 4) is 0 Å². The van der Waals surface area contributed by atoms with Gasteiger partial charge in [0.15, 0.2) is 5.82 Å². The van der Waals surface area contributed by atoms with Crippen molar-refractivity contribution in [1.29, 1.82) is 0 Å². The fourth-order valence-corrected chi connectivity index (χ4v) is 3.12. The van der Waals surface area contributed by atoms with Crippen LogP contribution >= 0.6 is 11.8 Å². The van der Waals surface area contributed by atoms with Crippen molar-refractivity contribution in [3.63, 3.8) is 0 Å². The van der Waals surface area contributed by atoms with E-state index in [0.29, 0.717) is 0 Å². The Balaban J connectivity index is 1.88. The second kappa shape index (κ2) is 5.68. The van der Waals surface area contributed by atoms with Crippen molar-refractivity contribution in [2.45, 2.75) is 38.5 Å². The summed E-state index contributed by atoms with van der Waals surface area (Å²) in [6, 6.07) is 0. The van der Waals surface area contributed by atoms with Crippen LogP contribution in [0, 0.1) is 0 Å². The molecule has 1 aromatic rings. The van der Waals surface area contributed by atoms with Gasteiger partial charge in [-0.3, -0.25) is 4.90 Å². The summed E-state index contributed by atoms with van der Waals surface area (Å²) >= 11 is 2.08. The fraction of sp³-hybridized carbons (Fsp3) is 0.818. The molecule has 1 atom stereocenters. The van der Waals surface area contributed by atoms with Crippen molar-refractivity contribution in [2.24, 2.45) is 0 Å². The molecule has 0 unspecified atom stereocenters. The Morgan fingerprint density at radius 1 is 1.50 bits per heavy atom. The van der Waals surface area contributed by atoms with E-state index in [1.54, 1.807) is 0 Å². The number of hydrogen-bond donors (Lipinski definition) is 0. The van der Waals surface area contributed by atoms with E-state index in [1.165, 1.54) is 12.2 Å². The Morgan fingerprint density at radius 3 is 3.06 bits per heavy atom. The number of aromatic nitrogens is 2. The van der Waals surface area contributed by atoms with Gasteiger partial charge in [0.2, 0.25) is 5.89 Å². The quantitative estimate of drug-likeness (QED) is 0.806. The van der Waals surface area contributed by atoms with Crippen LogP contribution in [-0.2, 0) is 13.0 Å². The molecule has 2 rings (SSSR count). The maximum atomic E-state index is 5.12. The molecule has 1 aliphatic rings. The van der Waals surface area contributed by atoms with Gasteiger partial charge in [-0.2, -0.15) is 16.7 Å². The maximum absolute atomic E-state index is 5.12. The van der Waals surface area contributed by atoms with E-state index >= 15 is 0 Å². The number of hydrogen-bond acceptors (Lipinski definition) is 5. The summed E-state index contributed by atoms with van der Waals surface area (Å²) in [5.74, 6) is 2.80. The highest BCUT2D eigenvalue weighted by atomic mass is 32.2. The summed E-state index contributed by atoms with van der Waals surface area (Å²) in [4.78, 5) is 6.77. The van der Waals surface area contributed by atoms with Crippen LogP contribution in [0.3, 0.4) is 0 Å². The van der Waals surface area contributed by atoms with Gasteiger partial charge in [0.1, 0.15) is 0 Å². The zero-order valence-electron chi connectivity index (χ0n) is 9.98. The molecule has 2 heterocycles. The van der Waals surface area contributed by atoms with Gasteiger partial charge in [0.25, 0.3) is 0 Å². The Hall–Kier alpha value is -0.550. The lowest BCUT2D eigenvalue weighted by molar-refractivity contribution is 0.261. The molecular formula is C11H19N3OS. The van der Waals surface area contributed by atoms with Crippen molar-refractivity contribution < 1.29 is 4.52 Å². The standard InChI is InChI=1S/C11H19N3OS/c1-3-9-7-14(5-6-16-9)8-10-12-11(4-2)15-13-10/h9H,3-8H2,1-2H3/t9-/m0/s1. The molecular weight excluding hydrogens is 222 g/mol. The summed E-state index contributed by atoms with van der Waals surface area (Å²) in [6.07, 6.45) is 2.06. The normalized spacial score (nSPS) is 22.5. The second-order valence-electron chi connectivity index (χ2n) is 4.09. The van der Waals surface area contributed by atoms with Crippen LogP contribution in [0.15, 0.2) is 4.52 Å². The molecule has 0 aromatic carbocycles. The van der Waals surface area contributed by atoms with Crippen molar-refractivity contribution in [3.05, 3.63) is 11.7 Å². The van der Waals surface area contributed by atoms with E-state index < -0.39 is 0 Å². The minimum Gasteiger partial charge on any atom is -0.339 e. The van der Waals surface area contributed by atoms with Crippen LogP contribution in [0.5, 0.6) is 0 Å². The molecule has 0 aliphatic carbocycles. The van der Waals surface area contributed by atoms with Gasteiger partial charge in [0.05, 0.1) is 6.54 Å². The monoisotopic (exact) mass is 241 g/mol. The van der Waals surface area contributed by atoms with Gasteiger partial charge in [-0.05, 0) is 6.42 Å². The molecule has 0 radical (unpaired) electrons. The molecule has 5 heteroatoms. The lowest BCUT2D eigenvalue weighted by atomic mass is 10.3. The molecule has 1 saturated heterocycles. The Bertz CT molecular complexity index is 329. The topological polar surface area (TPSA) is 42.2 Å². The molecule has 90 valence electrons. The predicted octanol–water partition coefficient (Wildman–Crippen LogP) is 1.96. The lowest BCUT2D eigenvalue weighted by Gasteiger charge is -2.30. The first-order valence-electron chi connectivity index (χ1n) is 5.97. The lowest BCUT2D eigenvalue weighted by Crippen LogP contribution is -2.37. The van der Waals surface area contributed by atoms with Gasteiger partial charge < -0.3 is 4.52 Å². The molecule has 0 saturated carbocycles. The third kappa shape index (κ3) is 2.98. The number of rotatable bonds is 4. The molecule has 0 amide bonds. The van der Waals surface area contributed by atoms with Crippen molar-refractivity contribution in [1.82, 2.24) is 15.0 Å². The molecule has 0 bridgehead atoms. The summed E-state index contributed by atoms with van der Waals surface area (Å²) in [6.45, 7) is 7.40. The van der Waals surface area contributed by atoms with Crippen LogP contribution in [0.1, 0.15) is 32.0 Å². The second-order valence-corrected chi connectivity index (χ2v) is 5.50. The van der Waals surface area contributed by atoms with Crippen LogP contribution < -0.4 is 0 Å². The minimum absolute atomic E-state index is 0.744. The fourth-order valence-electron chi connectivity index (χ4n) is 1.87. The van der Waals surface area contributed by atoms with Gasteiger partial charge in [-0.15, -0.1) is 0 Å². The van der Waals surface area contributed by atoms with E-state index in [9.17, 15) is 0 Å². The van der Waals surface area contributed by atoms with E-state index in [4.69, 9.17) is 4.52 Å². The number of aryl methyl sites for hydroxylation is 1. The van der Waals surface area contributed by atoms with Gasteiger partial charge >= 0.3 is 0 Å². The van der Waals surface area contributed by atoms with Crippen LogP contribution in [-0.4, -0.2) is 39.1 Å². The molecule has 16 heavy (non-hydrogen) atoms. The summed E-state index contributed by atoms with van der Waals surface area (Å²) < 4.78 is 5.12. The summed E-state index contributed by atoms with van der Waals surface area (Å²) in [5, 5.41) is 4.77. The Labute approximate surface area is 101 Å².